The van der Waals surface area contributed by atoms with Crippen LogP contribution in [0.1, 0.15) is 29.8 Å². The minimum atomic E-state index is -0.406. The lowest BCUT2D eigenvalue weighted by Crippen LogP contribution is -2.53. The number of amidine groups is 1. The van der Waals surface area contributed by atoms with Crippen molar-refractivity contribution in [2.24, 2.45) is 0 Å². The van der Waals surface area contributed by atoms with Crippen LogP contribution < -0.4 is 10.2 Å². The van der Waals surface area contributed by atoms with Crippen molar-refractivity contribution in [3.05, 3.63) is 77.9 Å². The zero-order valence-corrected chi connectivity index (χ0v) is 23.3. The number of nitrogens with zero attached hydrogens (tertiary/aromatic N) is 3. The van der Waals surface area contributed by atoms with Gasteiger partial charge in [-0.3, -0.25) is 29.7 Å². The Hall–Kier alpha value is -4.28. The fourth-order valence-electron chi connectivity index (χ4n) is 5.35. The maximum Gasteiger partial charge on any atom is 0.414 e. The third kappa shape index (κ3) is 6.39. The van der Waals surface area contributed by atoms with Crippen LogP contribution in [-0.4, -0.2) is 91.6 Å². The Labute approximate surface area is 239 Å². The van der Waals surface area contributed by atoms with Crippen LogP contribution in [0.15, 0.2) is 66.7 Å². The molecule has 0 saturated carbocycles. The molecule has 41 heavy (non-hydrogen) atoms. The lowest BCUT2D eigenvalue weighted by Gasteiger charge is -2.37. The number of carbonyl (C=O) groups is 3. The molecule has 3 aromatic carbocycles. The van der Waals surface area contributed by atoms with Crippen LogP contribution >= 0.6 is 0 Å². The second kappa shape index (κ2) is 12.5. The average molecular weight is 558 g/mol. The van der Waals surface area contributed by atoms with Crippen LogP contribution in [0.3, 0.4) is 0 Å². The molecule has 2 aliphatic heterocycles. The molecule has 2 unspecified atom stereocenters. The van der Waals surface area contributed by atoms with Crippen LogP contribution in [0.4, 0.5) is 10.5 Å². The van der Waals surface area contributed by atoms with Gasteiger partial charge in [0.2, 0.25) is 0 Å². The monoisotopic (exact) mass is 557 g/mol. The molecular formula is C31H35N5O5. The predicted molar refractivity (Wildman–Crippen MR) is 156 cm³/mol. The third-order valence-corrected chi connectivity index (χ3v) is 7.66. The number of benzene rings is 3. The summed E-state index contributed by atoms with van der Waals surface area (Å²) >= 11 is 0. The van der Waals surface area contributed by atoms with E-state index in [1.165, 1.54) is 0 Å². The summed E-state index contributed by atoms with van der Waals surface area (Å²) in [5.41, 5.74) is 1.70. The molecular weight excluding hydrogens is 522 g/mol. The van der Waals surface area contributed by atoms with Gasteiger partial charge in [-0.25, -0.2) is 4.79 Å². The van der Waals surface area contributed by atoms with Gasteiger partial charge in [-0.15, -0.1) is 0 Å². The zero-order valence-electron chi connectivity index (χ0n) is 23.3. The number of ether oxygens (including phenoxy) is 2. The van der Waals surface area contributed by atoms with Crippen molar-refractivity contribution in [1.29, 1.82) is 5.41 Å². The molecule has 10 heteroatoms. The summed E-state index contributed by atoms with van der Waals surface area (Å²) in [4.78, 5) is 43.6. The highest BCUT2D eigenvalue weighted by Crippen LogP contribution is 2.24. The van der Waals surface area contributed by atoms with E-state index < -0.39 is 6.09 Å². The molecule has 5 rings (SSSR count). The maximum atomic E-state index is 12.9. The normalized spacial score (nSPS) is 18.6. The van der Waals surface area contributed by atoms with E-state index in [-0.39, 0.29) is 29.9 Å². The Morgan fingerprint density at radius 1 is 1.02 bits per heavy atom. The van der Waals surface area contributed by atoms with Gasteiger partial charge in [0.15, 0.2) is 0 Å². The van der Waals surface area contributed by atoms with Crippen molar-refractivity contribution < 1.29 is 23.9 Å². The van der Waals surface area contributed by atoms with E-state index >= 15 is 0 Å². The molecule has 2 aliphatic rings. The molecule has 2 N–H and O–H groups in total. The molecule has 0 aliphatic carbocycles. The summed E-state index contributed by atoms with van der Waals surface area (Å²) in [6.45, 7) is 8.14. The highest BCUT2D eigenvalue weighted by molar-refractivity contribution is 6.16. The molecule has 2 amide bonds. The van der Waals surface area contributed by atoms with Crippen molar-refractivity contribution in [2.75, 3.05) is 50.8 Å². The fourth-order valence-corrected chi connectivity index (χ4v) is 5.35. The predicted octanol–water partition coefficient (Wildman–Crippen LogP) is 3.49. The zero-order chi connectivity index (χ0) is 28.9. The molecule has 0 aromatic heterocycles. The van der Waals surface area contributed by atoms with Crippen molar-refractivity contribution in [1.82, 2.24) is 15.1 Å². The average Bonchev–Trinajstić information content (AvgIpc) is 3.36. The van der Waals surface area contributed by atoms with Gasteiger partial charge in [0.05, 0.1) is 13.2 Å². The summed E-state index contributed by atoms with van der Waals surface area (Å²) in [6.07, 6.45) is -0.675. The first-order valence-electron chi connectivity index (χ1n) is 13.9. The first-order valence-corrected chi connectivity index (χ1v) is 13.9. The second-order valence-electron chi connectivity index (χ2n) is 10.3. The van der Waals surface area contributed by atoms with Crippen molar-refractivity contribution in [3.8, 4) is 0 Å². The number of fused-ring (bicyclic) bond motifs is 1. The van der Waals surface area contributed by atoms with Crippen LogP contribution in [0.5, 0.6) is 0 Å². The van der Waals surface area contributed by atoms with E-state index in [1.807, 2.05) is 50.2 Å². The summed E-state index contributed by atoms with van der Waals surface area (Å²) < 4.78 is 10.8. The maximum absolute atomic E-state index is 12.9. The van der Waals surface area contributed by atoms with Crippen molar-refractivity contribution in [3.63, 3.8) is 0 Å². The number of piperazine rings is 1. The lowest BCUT2D eigenvalue weighted by atomic mass is 10.0. The van der Waals surface area contributed by atoms with E-state index in [0.29, 0.717) is 36.5 Å². The van der Waals surface area contributed by atoms with Gasteiger partial charge in [-0.05, 0) is 55.0 Å². The number of hydrogen-bond donors (Lipinski definition) is 2. The second-order valence-corrected chi connectivity index (χ2v) is 10.3. The van der Waals surface area contributed by atoms with Crippen LogP contribution in [-0.2, 0) is 14.3 Å². The van der Waals surface area contributed by atoms with E-state index in [0.717, 1.165) is 37.0 Å². The van der Waals surface area contributed by atoms with Crippen LogP contribution in [0.25, 0.3) is 10.8 Å². The van der Waals surface area contributed by atoms with Gasteiger partial charge in [0, 0.05) is 49.5 Å². The first kappa shape index (κ1) is 28.3. The summed E-state index contributed by atoms with van der Waals surface area (Å²) in [6, 6.07) is 19.8. The molecule has 0 spiro atoms. The van der Waals surface area contributed by atoms with E-state index in [9.17, 15) is 14.4 Å². The SMILES string of the molecule is CCOC(=O)C(C)N1CCN(CC2CN(c3ccc(C(=N)NC(=O)c4cccc5ccccc45)cc3)C(=O)O2)CC1. The third-order valence-electron chi connectivity index (χ3n) is 7.66. The Morgan fingerprint density at radius 2 is 1.73 bits per heavy atom. The molecule has 2 heterocycles. The number of esters is 1. The summed E-state index contributed by atoms with van der Waals surface area (Å²) in [7, 11) is 0. The van der Waals surface area contributed by atoms with Crippen molar-refractivity contribution >= 4 is 40.3 Å². The Morgan fingerprint density at radius 3 is 2.46 bits per heavy atom. The lowest BCUT2D eigenvalue weighted by molar-refractivity contribution is -0.149. The molecule has 10 nitrogen and oxygen atoms in total. The molecule has 0 bridgehead atoms. The minimum Gasteiger partial charge on any atom is -0.465 e. The number of carbonyl (C=O) groups excluding carboxylic acids is 3. The first-order chi connectivity index (χ1) is 19.8. The van der Waals surface area contributed by atoms with Gasteiger partial charge in [0.25, 0.3) is 5.91 Å². The number of anilines is 1. The smallest absolute Gasteiger partial charge is 0.414 e. The highest BCUT2D eigenvalue weighted by Gasteiger charge is 2.35. The highest BCUT2D eigenvalue weighted by atomic mass is 16.6. The fraction of sp³-hybridized carbons (Fsp3) is 0.355. The van der Waals surface area contributed by atoms with E-state index in [4.69, 9.17) is 14.9 Å². The minimum absolute atomic E-state index is 0.0206. The molecule has 214 valence electrons. The number of cyclic esters (lactones) is 1. The number of nitrogens with one attached hydrogen (secondary N) is 2. The molecule has 3 aromatic rings. The topological polar surface area (TPSA) is 115 Å². The van der Waals surface area contributed by atoms with E-state index in [1.54, 1.807) is 35.2 Å². The summed E-state index contributed by atoms with van der Waals surface area (Å²) in [5, 5.41) is 12.9. The van der Waals surface area contributed by atoms with Gasteiger partial charge in [-0.1, -0.05) is 36.4 Å². The van der Waals surface area contributed by atoms with Gasteiger partial charge < -0.3 is 14.8 Å². The van der Waals surface area contributed by atoms with Gasteiger partial charge in [-0.2, -0.15) is 0 Å². The quantitative estimate of drug-likeness (QED) is 0.248. The Balaban J connectivity index is 1.14. The van der Waals surface area contributed by atoms with Gasteiger partial charge in [0.1, 0.15) is 18.0 Å². The standard InChI is InChI=1S/C31H35N5O5/c1-3-40-30(38)21(2)35-17-15-34(16-18-35)19-25-20-36(31(39)41-25)24-13-11-23(12-14-24)28(32)33-29(37)27-10-6-8-22-7-4-5-9-26(22)27/h4-14,21,25H,3,15-20H2,1-2H3,(H2,32,33,37). The Kier molecular flexibility index (Phi) is 8.61. The summed E-state index contributed by atoms with van der Waals surface area (Å²) in [5.74, 6) is -0.569. The largest absolute Gasteiger partial charge is 0.465 e. The molecule has 2 fully saturated rings. The van der Waals surface area contributed by atoms with Gasteiger partial charge >= 0.3 is 12.1 Å². The number of hydrogen-bond acceptors (Lipinski definition) is 8. The van der Waals surface area contributed by atoms with Crippen LogP contribution in [0.2, 0.25) is 0 Å². The molecule has 0 radical (unpaired) electrons. The molecule has 2 saturated heterocycles. The van der Waals surface area contributed by atoms with E-state index in [2.05, 4.69) is 15.1 Å². The van der Waals surface area contributed by atoms with Crippen molar-refractivity contribution in [2.45, 2.75) is 26.0 Å². The number of rotatable bonds is 8. The van der Waals surface area contributed by atoms with Crippen LogP contribution in [0, 0.1) is 5.41 Å². The number of amides is 2. The Bertz CT molecular complexity index is 1430. The molecule has 2 atom stereocenters.